The van der Waals surface area contributed by atoms with Crippen LogP contribution in [0, 0.1) is 5.92 Å². The summed E-state index contributed by atoms with van der Waals surface area (Å²) in [4.78, 5) is 1.72. The largest absolute Gasteiger partial charge is 0.393 e. The van der Waals surface area contributed by atoms with Crippen LogP contribution in [-0.2, 0) is 9.84 Å². The summed E-state index contributed by atoms with van der Waals surface area (Å²) in [5, 5.41) is 10.9. The number of hydrogen-bond acceptors (Lipinski definition) is 4. The lowest BCUT2D eigenvalue weighted by Gasteiger charge is -2.15. The maximum Gasteiger partial charge on any atom is 0.173 e. The second-order valence-electron chi connectivity index (χ2n) is 4.11. The van der Waals surface area contributed by atoms with E-state index in [2.05, 4.69) is 0 Å². The van der Waals surface area contributed by atoms with E-state index in [1.54, 1.807) is 6.92 Å². The van der Waals surface area contributed by atoms with Crippen molar-refractivity contribution in [1.82, 2.24) is 0 Å². The molecule has 0 amide bonds. The zero-order valence-corrected chi connectivity index (χ0v) is 11.0. The first-order chi connectivity index (χ1) is 7.98. The van der Waals surface area contributed by atoms with Crippen molar-refractivity contribution >= 4 is 21.6 Å². The number of aliphatic hydroxyl groups is 1. The van der Waals surface area contributed by atoms with Crippen LogP contribution in [0.25, 0.3) is 0 Å². The Labute approximate surface area is 105 Å². The molecule has 0 spiro atoms. The van der Waals surface area contributed by atoms with Crippen LogP contribution in [0.3, 0.4) is 0 Å². The summed E-state index contributed by atoms with van der Waals surface area (Å²) in [5.41, 5.74) is 0. The Balaban J connectivity index is 2.24. The van der Waals surface area contributed by atoms with E-state index in [1.165, 1.54) is 17.2 Å². The monoisotopic (exact) mass is 270 g/mol. The topological polar surface area (TPSA) is 54.4 Å². The smallest absolute Gasteiger partial charge is 0.173 e. The lowest BCUT2D eigenvalue weighted by molar-refractivity contribution is 0.158. The molecule has 3 nitrogen and oxygen atoms in total. The van der Waals surface area contributed by atoms with Crippen molar-refractivity contribution in [1.29, 1.82) is 0 Å². The summed E-state index contributed by atoms with van der Waals surface area (Å²) in [6.45, 7) is 1.63. The maximum absolute atomic E-state index is 11.5. The fourth-order valence-electron chi connectivity index (χ4n) is 1.75. The molecule has 0 aliphatic carbocycles. The van der Waals surface area contributed by atoms with Gasteiger partial charge in [0.15, 0.2) is 9.84 Å². The highest BCUT2D eigenvalue weighted by molar-refractivity contribution is 8.04. The van der Waals surface area contributed by atoms with Gasteiger partial charge in [0.25, 0.3) is 0 Å². The molecule has 1 aromatic rings. The molecule has 92 valence electrons. The van der Waals surface area contributed by atoms with Crippen molar-refractivity contribution in [3.8, 4) is 0 Å². The minimum Gasteiger partial charge on any atom is -0.393 e. The Bertz CT molecular complexity index is 518. The Morgan fingerprint density at radius 1 is 1.35 bits per heavy atom. The molecule has 0 radical (unpaired) electrons. The van der Waals surface area contributed by atoms with Crippen molar-refractivity contribution < 1.29 is 13.5 Å². The summed E-state index contributed by atoms with van der Waals surface area (Å²) in [7, 11) is -3.15. The average Bonchev–Trinajstić information content (AvgIpc) is 2.55. The standard InChI is InChI=1S/C12H14O3S2/c1-9(13)11-7-17(14,15)8-12(11)16-10-5-3-2-4-6-10/h2-6,8-9,11,13H,7H2,1H3. The molecule has 0 aromatic heterocycles. The van der Waals surface area contributed by atoms with Crippen molar-refractivity contribution in [2.75, 3.05) is 5.75 Å². The summed E-state index contributed by atoms with van der Waals surface area (Å²) in [6, 6.07) is 9.58. The first-order valence-corrected chi connectivity index (χ1v) is 7.86. The van der Waals surface area contributed by atoms with Gasteiger partial charge in [-0.3, -0.25) is 0 Å². The molecule has 2 unspecified atom stereocenters. The number of aliphatic hydroxyl groups excluding tert-OH is 1. The van der Waals surface area contributed by atoms with E-state index < -0.39 is 15.9 Å². The van der Waals surface area contributed by atoms with Gasteiger partial charge in [-0.1, -0.05) is 30.0 Å². The number of benzene rings is 1. The Morgan fingerprint density at radius 2 is 2.00 bits per heavy atom. The number of rotatable bonds is 3. The normalized spacial score (nSPS) is 24.4. The lowest BCUT2D eigenvalue weighted by Crippen LogP contribution is -2.20. The van der Waals surface area contributed by atoms with Crippen LogP contribution < -0.4 is 0 Å². The van der Waals surface area contributed by atoms with Gasteiger partial charge in [0.1, 0.15) is 0 Å². The second kappa shape index (κ2) is 4.84. The van der Waals surface area contributed by atoms with E-state index in [0.717, 1.165) is 9.80 Å². The molecule has 0 fully saturated rings. The summed E-state index contributed by atoms with van der Waals surface area (Å²) >= 11 is 1.41. The van der Waals surface area contributed by atoms with Crippen LogP contribution >= 0.6 is 11.8 Å². The molecular formula is C12H14O3S2. The summed E-state index contributed by atoms with van der Waals surface area (Å²) < 4.78 is 23.1. The van der Waals surface area contributed by atoms with Crippen LogP contribution in [-0.4, -0.2) is 25.4 Å². The highest BCUT2D eigenvalue weighted by Crippen LogP contribution is 2.38. The molecule has 5 heteroatoms. The molecule has 2 rings (SSSR count). The van der Waals surface area contributed by atoms with Crippen LogP contribution in [0.1, 0.15) is 6.92 Å². The molecule has 0 saturated heterocycles. The Morgan fingerprint density at radius 3 is 2.59 bits per heavy atom. The highest BCUT2D eigenvalue weighted by Gasteiger charge is 2.33. The summed E-state index contributed by atoms with van der Waals surface area (Å²) in [6.07, 6.45) is -0.644. The zero-order chi connectivity index (χ0) is 12.5. The first kappa shape index (κ1) is 12.7. The zero-order valence-electron chi connectivity index (χ0n) is 9.41. The fraction of sp³-hybridized carbons (Fsp3) is 0.333. The second-order valence-corrected chi connectivity index (χ2v) is 7.15. The quantitative estimate of drug-likeness (QED) is 0.913. The van der Waals surface area contributed by atoms with Gasteiger partial charge in [-0.05, 0) is 19.1 Å². The molecule has 1 aromatic carbocycles. The molecule has 0 saturated carbocycles. The van der Waals surface area contributed by atoms with E-state index in [9.17, 15) is 13.5 Å². The van der Waals surface area contributed by atoms with Gasteiger partial charge in [-0.2, -0.15) is 0 Å². The Kier molecular flexibility index (Phi) is 3.61. The van der Waals surface area contributed by atoms with Gasteiger partial charge in [-0.25, -0.2) is 8.42 Å². The molecule has 1 aliphatic rings. The van der Waals surface area contributed by atoms with Crippen molar-refractivity contribution in [3.63, 3.8) is 0 Å². The predicted molar refractivity (Wildman–Crippen MR) is 69.3 cm³/mol. The summed E-state index contributed by atoms with van der Waals surface area (Å²) in [5.74, 6) is -0.287. The third-order valence-electron chi connectivity index (χ3n) is 2.63. The van der Waals surface area contributed by atoms with Crippen LogP contribution in [0.15, 0.2) is 45.5 Å². The van der Waals surface area contributed by atoms with Crippen LogP contribution in [0.5, 0.6) is 0 Å². The van der Waals surface area contributed by atoms with Gasteiger partial charge in [0, 0.05) is 21.1 Å². The van der Waals surface area contributed by atoms with Gasteiger partial charge < -0.3 is 5.11 Å². The molecule has 2 atom stereocenters. The molecule has 17 heavy (non-hydrogen) atoms. The maximum atomic E-state index is 11.5. The molecule has 1 aliphatic heterocycles. The molecule has 1 N–H and O–H groups in total. The SMILES string of the molecule is CC(O)C1CS(=O)(=O)C=C1Sc1ccccc1. The van der Waals surface area contributed by atoms with Crippen molar-refractivity contribution in [2.45, 2.75) is 17.9 Å². The van der Waals surface area contributed by atoms with Gasteiger partial charge in [0.2, 0.25) is 0 Å². The third kappa shape index (κ3) is 3.12. The van der Waals surface area contributed by atoms with Crippen LogP contribution in [0.4, 0.5) is 0 Å². The van der Waals surface area contributed by atoms with Crippen molar-refractivity contribution in [3.05, 3.63) is 40.6 Å². The molecule has 1 heterocycles. The Hall–Kier alpha value is -0.780. The van der Waals surface area contributed by atoms with Gasteiger partial charge >= 0.3 is 0 Å². The van der Waals surface area contributed by atoms with E-state index >= 15 is 0 Å². The third-order valence-corrected chi connectivity index (χ3v) is 5.38. The van der Waals surface area contributed by atoms with Crippen molar-refractivity contribution in [2.24, 2.45) is 5.92 Å². The molecular weight excluding hydrogens is 256 g/mol. The highest BCUT2D eigenvalue weighted by atomic mass is 32.2. The van der Waals surface area contributed by atoms with E-state index in [-0.39, 0.29) is 11.7 Å². The number of hydrogen-bond donors (Lipinski definition) is 1. The van der Waals surface area contributed by atoms with Gasteiger partial charge in [0.05, 0.1) is 11.9 Å². The van der Waals surface area contributed by atoms with Crippen LogP contribution in [0.2, 0.25) is 0 Å². The average molecular weight is 270 g/mol. The number of sulfone groups is 1. The van der Waals surface area contributed by atoms with Gasteiger partial charge in [-0.15, -0.1) is 0 Å². The first-order valence-electron chi connectivity index (χ1n) is 5.33. The van der Waals surface area contributed by atoms with E-state index in [0.29, 0.717) is 0 Å². The van der Waals surface area contributed by atoms with E-state index in [4.69, 9.17) is 0 Å². The fourth-order valence-corrected chi connectivity index (χ4v) is 5.06. The van der Waals surface area contributed by atoms with E-state index in [1.807, 2.05) is 30.3 Å². The predicted octanol–water partition coefficient (Wildman–Crippen LogP) is 2.05. The molecule has 0 bridgehead atoms. The lowest BCUT2D eigenvalue weighted by atomic mass is 10.1. The number of thioether (sulfide) groups is 1. The minimum atomic E-state index is -3.15. The minimum absolute atomic E-state index is 0.0137.